The summed E-state index contributed by atoms with van der Waals surface area (Å²) in [7, 11) is 0. The number of esters is 1. The van der Waals surface area contributed by atoms with Crippen LogP contribution in [0, 0.1) is 34.0 Å². The average Bonchev–Trinajstić information content (AvgIpc) is 2.70. The Labute approximate surface area is 151 Å². The van der Waals surface area contributed by atoms with Gasteiger partial charge in [-0.3, -0.25) is 19.2 Å². The molecule has 0 aromatic heterocycles. The van der Waals surface area contributed by atoms with Crippen molar-refractivity contribution in [3.63, 3.8) is 0 Å². The fourth-order valence-electron chi connectivity index (χ4n) is 7.05. The van der Waals surface area contributed by atoms with E-state index in [0.717, 1.165) is 0 Å². The van der Waals surface area contributed by atoms with Crippen LogP contribution in [0.4, 0.5) is 0 Å². The van der Waals surface area contributed by atoms with E-state index in [9.17, 15) is 24.3 Å². The Morgan fingerprint density at radius 3 is 2.58 bits per heavy atom. The molecule has 4 aliphatic carbocycles. The zero-order valence-corrected chi connectivity index (χ0v) is 14.9. The highest BCUT2D eigenvalue weighted by molar-refractivity contribution is 6.17. The number of aliphatic hydroxyl groups excluding tert-OH is 1. The van der Waals surface area contributed by atoms with E-state index in [1.54, 1.807) is 0 Å². The third-order valence-electron chi connectivity index (χ3n) is 8.20. The first-order chi connectivity index (χ1) is 12.1. The van der Waals surface area contributed by atoms with Crippen molar-refractivity contribution in [2.24, 2.45) is 34.0 Å². The van der Waals surface area contributed by atoms with Crippen LogP contribution in [0.25, 0.3) is 0 Å². The standard InChI is InChI=1S/C20H22O6/c1-8-9-6-10(21)14-19-11(18(2,3)5-4-12(19)22)7-13(26-17(19)25)20(14,15(8)23)16(9)24/h9,11,13-14,16,24H,1,4-7H2,2-3H3/t9-,11+,13-,14-,16+,19+,20-/m0/s1. The molecule has 1 N–H and O–H groups in total. The largest absolute Gasteiger partial charge is 0.460 e. The molecule has 6 rings (SSSR count). The first-order valence-corrected chi connectivity index (χ1v) is 9.30. The fraction of sp³-hybridized carbons (Fsp3) is 0.700. The maximum absolute atomic E-state index is 13.2. The molecule has 7 atom stereocenters. The van der Waals surface area contributed by atoms with Crippen LogP contribution in [0.1, 0.15) is 39.5 Å². The van der Waals surface area contributed by atoms with Crippen LogP contribution < -0.4 is 0 Å². The summed E-state index contributed by atoms with van der Waals surface area (Å²) in [6, 6.07) is 0. The number of Topliss-reactive ketones (excluding diaryl/α,β-unsaturated/α-hetero) is 3. The second-order valence-corrected chi connectivity index (χ2v) is 9.41. The SMILES string of the molecule is C=C1C(=O)[C@]23[C@@H]4C[C@@H]5C(C)(C)CCC(=O)[C@@]5(C(=O)O4)[C@@H]2C(=O)C[C@@H]1[C@H]3O. The first-order valence-electron chi connectivity index (χ1n) is 9.30. The summed E-state index contributed by atoms with van der Waals surface area (Å²) >= 11 is 0. The lowest BCUT2D eigenvalue weighted by Crippen LogP contribution is -2.78. The molecule has 6 fully saturated rings. The van der Waals surface area contributed by atoms with Gasteiger partial charge in [0.05, 0.1) is 12.0 Å². The summed E-state index contributed by atoms with van der Waals surface area (Å²) in [6.07, 6.45) is -0.891. The maximum atomic E-state index is 13.2. The Morgan fingerprint density at radius 1 is 1.19 bits per heavy atom. The Balaban J connectivity index is 1.83. The minimum absolute atomic E-state index is 0.0413. The molecular weight excluding hydrogens is 336 g/mol. The summed E-state index contributed by atoms with van der Waals surface area (Å²) in [6.45, 7) is 7.83. The van der Waals surface area contributed by atoms with Crippen molar-refractivity contribution in [3.05, 3.63) is 12.2 Å². The van der Waals surface area contributed by atoms with Gasteiger partial charge < -0.3 is 9.84 Å². The van der Waals surface area contributed by atoms with Crippen molar-refractivity contribution in [1.29, 1.82) is 0 Å². The number of hydrogen-bond acceptors (Lipinski definition) is 6. The van der Waals surface area contributed by atoms with Crippen LogP contribution in [0.5, 0.6) is 0 Å². The van der Waals surface area contributed by atoms with Gasteiger partial charge in [-0.05, 0) is 29.7 Å². The van der Waals surface area contributed by atoms with Gasteiger partial charge >= 0.3 is 5.97 Å². The third kappa shape index (κ3) is 1.34. The summed E-state index contributed by atoms with van der Waals surface area (Å²) in [5.41, 5.74) is -3.26. The molecule has 2 aliphatic heterocycles. The monoisotopic (exact) mass is 358 g/mol. The van der Waals surface area contributed by atoms with E-state index >= 15 is 0 Å². The van der Waals surface area contributed by atoms with Crippen molar-refractivity contribution < 1.29 is 29.0 Å². The van der Waals surface area contributed by atoms with E-state index in [2.05, 4.69) is 6.58 Å². The number of aliphatic hydroxyl groups is 1. The van der Waals surface area contributed by atoms with E-state index in [4.69, 9.17) is 4.74 Å². The molecule has 0 amide bonds. The first kappa shape index (κ1) is 16.4. The molecule has 0 radical (unpaired) electrons. The average molecular weight is 358 g/mol. The Hall–Kier alpha value is -1.82. The minimum Gasteiger partial charge on any atom is -0.460 e. The maximum Gasteiger partial charge on any atom is 0.321 e. The molecule has 26 heavy (non-hydrogen) atoms. The molecule has 2 heterocycles. The lowest BCUT2D eigenvalue weighted by Gasteiger charge is -2.66. The summed E-state index contributed by atoms with van der Waals surface area (Å²) in [5.74, 6) is -3.75. The molecule has 2 saturated heterocycles. The van der Waals surface area contributed by atoms with Gasteiger partial charge in [-0.2, -0.15) is 0 Å². The number of ether oxygens (including phenoxy) is 1. The molecule has 0 unspecified atom stereocenters. The quantitative estimate of drug-likeness (QED) is 0.394. The van der Waals surface area contributed by atoms with Gasteiger partial charge in [-0.15, -0.1) is 0 Å². The van der Waals surface area contributed by atoms with Gasteiger partial charge in [0.2, 0.25) is 0 Å². The number of ketones is 3. The highest BCUT2D eigenvalue weighted by Crippen LogP contribution is 2.72. The fourth-order valence-corrected chi connectivity index (χ4v) is 7.05. The molecule has 6 nitrogen and oxygen atoms in total. The van der Waals surface area contributed by atoms with E-state index in [0.29, 0.717) is 12.8 Å². The van der Waals surface area contributed by atoms with Crippen LogP contribution in [-0.4, -0.2) is 40.6 Å². The smallest absolute Gasteiger partial charge is 0.321 e. The van der Waals surface area contributed by atoms with Crippen LogP contribution in [0.3, 0.4) is 0 Å². The van der Waals surface area contributed by atoms with E-state index in [1.165, 1.54) is 0 Å². The van der Waals surface area contributed by atoms with Crippen molar-refractivity contribution >= 4 is 23.3 Å². The Bertz CT molecular complexity index is 814. The summed E-state index contributed by atoms with van der Waals surface area (Å²) in [4.78, 5) is 52.7. The number of hydrogen-bond donors (Lipinski definition) is 1. The van der Waals surface area contributed by atoms with Crippen LogP contribution in [0.15, 0.2) is 12.2 Å². The number of rotatable bonds is 0. The van der Waals surface area contributed by atoms with Gasteiger partial charge in [0, 0.05) is 18.8 Å². The van der Waals surface area contributed by atoms with Crippen molar-refractivity contribution in [1.82, 2.24) is 0 Å². The molecule has 6 heteroatoms. The predicted octanol–water partition coefficient (Wildman–Crippen LogP) is 0.999. The Morgan fingerprint density at radius 2 is 1.88 bits per heavy atom. The highest BCUT2D eigenvalue weighted by atomic mass is 16.6. The van der Waals surface area contributed by atoms with Crippen molar-refractivity contribution in [3.8, 4) is 0 Å². The van der Waals surface area contributed by atoms with Crippen molar-refractivity contribution in [2.75, 3.05) is 0 Å². The van der Waals surface area contributed by atoms with Crippen LogP contribution >= 0.6 is 0 Å². The normalized spacial score (nSPS) is 51.2. The van der Waals surface area contributed by atoms with Crippen LogP contribution in [0.2, 0.25) is 0 Å². The van der Waals surface area contributed by atoms with E-state index in [-0.39, 0.29) is 41.3 Å². The number of fused-ring (bicyclic) bond motifs is 2. The summed E-state index contributed by atoms with van der Waals surface area (Å²) in [5, 5.41) is 11.0. The molecule has 4 saturated carbocycles. The van der Waals surface area contributed by atoms with Crippen LogP contribution in [-0.2, 0) is 23.9 Å². The van der Waals surface area contributed by atoms with Gasteiger partial charge in [0.25, 0.3) is 0 Å². The predicted molar refractivity (Wildman–Crippen MR) is 87.6 cm³/mol. The highest BCUT2D eigenvalue weighted by Gasteiger charge is 2.84. The van der Waals surface area contributed by atoms with Gasteiger partial charge in [-0.25, -0.2) is 0 Å². The second kappa shape index (κ2) is 4.35. The second-order valence-electron chi connectivity index (χ2n) is 9.41. The van der Waals surface area contributed by atoms with Gasteiger partial charge in [-0.1, -0.05) is 20.4 Å². The lowest BCUT2D eigenvalue weighted by atomic mass is 9.37. The molecule has 0 aromatic carbocycles. The van der Waals surface area contributed by atoms with Gasteiger partial charge in [0.15, 0.2) is 11.6 Å². The number of carbonyl (C=O) groups excluding carboxylic acids is 4. The lowest BCUT2D eigenvalue weighted by molar-refractivity contribution is -0.264. The topological polar surface area (TPSA) is 97.7 Å². The third-order valence-corrected chi connectivity index (χ3v) is 8.20. The van der Waals surface area contributed by atoms with Gasteiger partial charge in [0.1, 0.15) is 22.7 Å². The molecule has 4 bridgehead atoms. The molecular formula is C20H22O6. The summed E-state index contributed by atoms with van der Waals surface area (Å²) < 4.78 is 5.60. The zero-order chi connectivity index (χ0) is 18.8. The zero-order valence-electron chi connectivity index (χ0n) is 14.9. The molecule has 2 spiro atoms. The number of carbonyl (C=O) groups is 4. The molecule has 0 aromatic rings. The Kier molecular flexibility index (Phi) is 2.74. The minimum atomic E-state index is -1.64. The van der Waals surface area contributed by atoms with E-state index < -0.39 is 46.6 Å². The van der Waals surface area contributed by atoms with Crippen molar-refractivity contribution in [2.45, 2.75) is 51.7 Å². The molecule has 138 valence electrons. The molecule has 6 aliphatic rings. The van der Waals surface area contributed by atoms with E-state index in [1.807, 2.05) is 13.8 Å².